The van der Waals surface area contributed by atoms with Gasteiger partial charge in [-0.05, 0) is 12.5 Å². The Hall–Kier alpha value is -0.830. The van der Waals surface area contributed by atoms with Crippen LogP contribution in [0.25, 0.3) is 0 Å². The number of benzene rings is 1. The molecule has 4 heteroatoms. The van der Waals surface area contributed by atoms with Crippen molar-refractivity contribution in [3.8, 4) is 0 Å². The minimum atomic E-state index is -0.649. The molecule has 1 aromatic rings. The van der Waals surface area contributed by atoms with E-state index in [2.05, 4.69) is 12.2 Å². The average molecular weight is 290 g/mol. The SMILES string of the molecule is CCCCCCCCCNc1c(F)cc(F)cc1Cl. The van der Waals surface area contributed by atoms with Gasteiger partial charge in [0.15, 0.2) is 5.82 Å². The van der Waals surface area contributed by atoms with Crippen LogP contribution in [0.2, 0.25) is 5.02 Å². The molecule has 0 atom stereocenters. The molecule has 1 rings (SSSR count). The Bertz CT molecular complexity index is 359. The fourth-order valence-corrected chi connectivity index (χ4v) is 2.27. The summed E-state index contributed by atoms with van der Waals surface area (Å²) in [7, 11) is 0. The molecular formula is C15H22ClF2N. The fourth-order valence-electron chi connectivity index (χ4n) is 2.01. The van der Waals surface area contributed by atoms with Crippen molar-refractivity contribution in [1.29, 1.82) is 0 Å². The summed E-state index contributed by atoms with van der Waals surface area (Å²) >= 11 is 5.79. The first-order chi connectivity index (χ1) is 9.15. The van der Waals surface area contributed by atoms with E-state index >= 15 is 0 Å². The molecule has 0 aliphatic carbocycles. The maximum absolute atomic E-state index is 13.4. The number of hydrogen-bond acceptors (Lipinski definition) is 1. The van der Waals surface area contributed by atoms with Crippen molar-refractivity contribution in [3.05, 3.63) is 28.8 Å². The summed E-state index contributed by atoms with van der Waals surface area (Å²) < 4.78 is 26.3. The molecular weight excluding hydrogens is 268 g/mol. The molecule has 0 radical (unpaired) electrons. The number of hydrogen-bond donors (Lipinski definition) is 1. The Balaban J connectivity index is 2.19. The van der Waals surface area contributed by atoms with Crippen molar-refractivity contribution < 1.29 is 8.78 Å². The second kappa shape index (κ2) is 9.13. The molecule has 0 aliphatic heterocycles. The zero-order chi connectivity index (χ0) is 14.1. The van der Waals surface area contributed by atoms with Gasteiger partial charge in [-0.1, -0.05) is 57.0 Å². The molecule has 0 unspecified atom stereocenters. The highest BCUT2D eigenvalue weighted by molar-refractivity contribution is 6.33. The average Bonchev–Trinajstić information content (AvgIpc) is 2.35. The first-order valence-electron chi connectivity index (χ1n) is 7.03. The van der Waals surface area contributed by atoms with Gasteiger partial charge in [-0.2, -0.15) is 0 Å². The predicted molar refractivity (Wildman–Crippen MR) is 77.9 cm³/mol. The third-order valence-corrected chi connectivity index (χ3v) is 3.39. The minimum Gasteiger partial charge on any atom is -0.381 e. The van der Waals surface area contributed by atoms with Crippen LogP contribution in [0.3, 0.4) is 0 Å². The van der Waals surface area contributed by atoms with Crippen LogP contribution < -0.4 is 5.32 Å². The van der Waals surface area contributed by atoms with Gasteiger partial charge in [-0.3, -0.25) is 0 Å². The van der Waals surface area contributed by atoms with Crippen molar-refractivity contribution in [2.75, 3.05) is 11.9 Å². The van der Waals surface area contributed by atoms with Crippen molar-refractivity contribution >= 4 is 17.3 Å². The Kier molecular flexibility index (Phi) is 7.80. The van der Waals surface area contributed by atoms with Crippen molar-refractivity contribution in [3.63, 3.8) is 0 Å². The highest BCUT2D eigenvalue weighted by Gasteiger charge is 2.08. The van der Waals surface area contributed by atoms with Crippen LogP contribution in [0.1, 0.15) is 51.9 Å². The number of halogens is 3. The topological polar surface area (TPSA) is 12.0 Å². The Morgan fingerprint density at radius 3 is 2.26 bits per heavy atom. The molecule has 0 amide bonds. The monoisotopic (exact) mass is 289 g/mol. The van der Waals surface area contributed by atoms with Crippen LogP contribution in [0.4, 0.5) is 14.5 Å². The van der Waals surface area contributed by atoms with Crippen molar-refractivity contribution in [1.82, 2.24) is 0 Å². The lowest BCUT2D eigenvalue weighted by Gasteiger charge is -2.09. The van der Waals surface area contributed by atoms with Gasteiger partial charge < -0.3 is 5.32 Å². The van der Waals surface area contributed by atoms with Crippen molar-refractivity contribution in [2.24, 2.45) is 0 Å². The molecule has 0 aromatic heterocycles. The lowest BCUT2D eigenvalue weighted by molar-refractivity contribution is 0.582. The second-order valence-corrected chi connectivity index (χ2v) is 5.20. The molecule has 0 heterocycles. The molecule has 0 saturated heterocycles. The van der Waals surface area contributed by atoms with E-state index in [1.165, 1.54) is 32.1 Å². The van der Waals surface area contributed by atoms with E-state index in [9.17, 15) is 8.78 Å². The van der Waals surface area contributed by atoms with E-state index in [1.807, 2.05) is 0 Å². The number of unbranched alkanes of at least 4 members (excludes halogenated alkanes) is 6. The third-order valence-electron chi connectivity index (χ3n) is 3.09. The fraction of sp³-hybridized carbons (Fsp3) is 0.600. The van der Waals surface area contributed by atoms with E-state index in [0.717, 1.165) is 25.0 Å². The summed E-state index contributed by atoms with van der Waals surface area (Å²) in [5, 5.41) is 3.03. The van der Waals surface area contributed by atoms with E-state index in [-0.39, 0.29) is 10.7 Å². The highest BCUT2D eigenvalue weighted by Crippen LogP contribution is 2.26. The van der Waals surface area contributed by atoms with Gasteiger partial charge >= 0.3 is 0 Å². The van der Waals surface area contributed by atoms with E-state index in [1.54, 1.807) is 0 Å². The lowest BCUT2D eigenvalue weighted by Crippen LogP contribution is -2.04. The summed E-state index contributed by atoms with van der Waals surface area (Å²) in [4.78, 5) is 0. The number of nitrogens with one attached hydrogen (secondary N) is 1. The Morgan fingerprint density at radius 2 is 1.63 bits per heavy atom. The first kappa shape index (κ1) is 16.2. The zero-order valence-electron chi connectivity index (χ0n) is 11.4. The Labute approximate surface area is 119 Å². The summed E-state index contributed by atoms with van der Waals surface area (Å²) in [6, 6.07) is 1.97. The first-order valence-corrected chi connectivity index (χ1v) is 7.41. The normalized spacial score (nSPS) is 10.7. The minimum absolute atomic E-state index is 0.0976. The van der Waals surface area contributed by atoms with Crippen LogP contribution >= 0.6 is 11.6 Å². The van der Waals surface area contributed by atoms with Crippen LogP contribution in [0.5, 0.6) is 0 Å². The number of rotatable bonds is 9. The smallest absolute Gasteiger partial charge is 0.150 e. The molecule has 0 spiro atoms. The molecule has 0 saturated carbocycles. The van der Waals surface area contributed by atoms with Gasteiger partial charge in [0.2, 0.25) is 0 Å². The van der Waals surface area contributed by atoms with E-state index in [0.29, 0.717) is 6.54 Å². The molecule has 1 nitrogen and oxygen atoms in total. The predicted octanol–water partition coefficient (Wildman–Crippen LogP) is 5.78. The highest BCUT2D eigenvalue weighted by atomic mass is 35.5. The molecule has 108 valence electrons. The Morgan fingerprint density at radius 1 is 1.00 bits per heavy atom. The van der Waals surface area contributed by atoms with Gasteiger partial charge in [0.25, 0.3) is 0 Å². The lowest BCUT2D eigenvalue weighted by atomic mass is 10.1. The van der Waals surface area contributed by atoms with Gasteiger partial charge in [-0.25, -0.2) is 8.78 Å². The number of anilines is 1. The van der Waals surface area contributed by atoms with E-state index in [4.69, 9.17) is 11.6 Å². The molecule has 0 bridgehead atoms. The maximum Gasteiger partial charge on any atom is 0.150 e. The van der Waals surface area contributed by atoms with Crippen LogP contribution in [-0.2, 0) is 0 Å². The van der Waals surface area contributed by atoms with Gasteiger partial charge in [0, 0.05) is 12.6 Å². The summed E-state index contributed by atoms with van der Waals surface area (Å²) in [6.45, 7) is 2.86. The van der Waals surface area contributed by atoms with Gasteiger partial charge in [0.1, 0.15) is 5.82 Å². The second-order valence-electron chi connectivity index (χ2n) is 4.79. The standard InChI is InChI=1S/C15H22ClF2N/c1-2-3-4-5-6-7-8-9-19-15-13(16)10-12(17)11-14(15)18/h10-11,19H,2-9H2,1H3. The summed E-state index contributed by atoms with van der Waals surface area (Å²) in [5.41, 5.74) is 0.203. The molecule has 0 fully saturated rings. The molecule has 1 aromatic carbocycles. The van der Waals surface area contributed by atoms with Crippen molar-refractivity contribution in [2.45, 2.75) is 51.9 Å². The molecule has 1 N–H and O–H groups in total. The van der Waals surface area contributed by atoms with Gasteiger partial charge in [0.05, 0.1) is 10.7 Å². The summed E-state index contributed by atoms with van der Waals surface area (Å²) in [5.74, 6) is -1.28. The maximum atomic E-state index is 13.4. The summed E-state index contributed by atoms with van der Waals surface area (Å²) in [6.07, 6.45) is 8.41. The molecule has 0 aliphatic rings. The van der Waals surface area contributed by atoms with Crippen LogP contribution in [0, 0.1) is 11.6 Å². The van der Waals surface area contributed by atoms with E-state index < -0.39 is 11.6 Å². The van der Waals surface area contributed by atoms with Gasteiger partial charge in [-0.15, -0.1) is 0 Å². The third kappa shape index (κ3) is 6.24. The largest absolute Gasteiger partial charge is 0.381 e. The zero-order valence-corrected chi connectivity index (χ0v) is 12.2. The quantitative estimate of drug-likeness (QED) is 0.568. The molecule has 19 heavy (non-hydrogen) atoms. The van der Waals surface area contributed by atoms with Crippen LogP contribution in [0.15, 0.2) is 12.1 Å². The van der Waals surface area contributed by atoms with Crippen LogP contribution in [-0.4, -0.2) is 6.54 Å².